The number of hydrogen-bond donors (Lipinski definition) is 1. The minimum atomic E-state index is -0.0797. The molecule has 4 heteroatoms. The first-order valence-electron chi connectivity index (χ1n) is 9.76. The Morgan fingerprint density at radius 1 is 0.857 bits per heavy atom. The van der Waals surface area contributed by atoms with E-state index in [2.05, 4.69) is 34.5 Å². The zero-order chi connectivity index (χ0) is 19.2. The molecule has 0 aliphatic carbocycles. The molecule has 1 aliphatic heterocycles. The van der Waals surface area contributed by atoms with Crippen molar-refractivity contribution in [3.63, 3.8) is 0 Å². The number of amides is 2. The Labute approximate surface area is 166 Å². The van der Waals surface area contributed by atoms with Gasteiger partial charge in [0.15, 0.2) is 0 Å². The Balaban J connectivity index is 1.44. The van der Waals surface area contributed by atoms with Gasteiger partial charge in [-0.2, -0.15) is 0 Å². The Bertz CT molecular complexity index is 844. The summed E-state index contributed by atoms with van der Waals surface area (Å²) in [5.41, 5.74) is 3.04. The first-order valence-corrected chi connectivity index (χ1v) is 9.76. The van der Waals surface area contributed by atoms with Crippen LogP contribution in [0.15, 0.2) is 91.0 Å². The smallest absolute Gasteiger partial charge is 0.326 e. The highest BCUT2D eigenvalue weighted by Gasteiger charge is 2.26. The molecule has 28 heavy (non-hydrogen) atoms. The molecule has 1 atom stereocenters. The third-order valence-corrected chi connectivity index (χ3v) is 5.08. The van der Waals surface area contributed by atoms with Crippen LogP contribution in [0.3, 0.4) is 0 Å². The van der Waals surface area contributed by atoms with E-state index < -0.39 is 0 Å². The quantitative estimate of drug-likeness (QED) is 0.699. The van der Waals surface area contributed by atoms with E-state index in [4.69, 9.17) is 0 Å². The maximum atomic E-state index is 13.2. The lowest BCUT2D eigenvalue weighted by Crippen LogP contribution is -2.44. The molecule has 1 aliphatic rings. The monoisotopic (exact) mass is 371 g/mol. The maximum absolute atomic E-state index is 13.2. The van der Waals surface area contributed by atoms with E-state index in [-0.39, 0.29) is 12.1 Å². The van der Waals surface area contributed by atoms with E-state index in [1.54, 1.807) is 4.90 Å². The van der Waals surface area contributed by atoms with Crippen LogP contribution in [0.5, 0.6) is 0 Å². The van der Waals surface area contributed by atoms with Crippen molar-refractivity contribution in [3.05, 3.63) is 96.6 Å². The zero-order valence-corrected chi connectivity index (χ0v) is 15.9. The van der Waals surface area contributed by atoms with E-state index >= 15 is 0 Å². The summed E-state index contributed by atoms with van der Waals surface area (Å²) in [5.74, 6) is 0. The molecule has 0 bridgehead atoms. The molecule has 0 aromatic heterocycles. The molecule has 0 saturated carbocycles. The van der Waals surface area contributed by atoms with Gasteiger partial charge >= 0.3 is 6.03 Å². The van der Waals surface area contributed by atoms with E-state index in [0.717, 1.165) is 37.4 Å². The van der Waals surface area contributed by atoms with Gasteiger partial charge in [0.25, 0.3) is 0 Å². The minimum absolute atomic E-state index is 0.0797. The van der Waals surface area contributed by atoms with E-state index in [0.29, 0.717) is 0 Å². The van der Waals surface area contributed by atoms with Crippen molar-refractivity contribution in [1.82, 2.24) is 10.2 Å². The van der Waals surface area contributed by atoms with Gasteiger partial charge in [0.05, 0.1) is 11.4 Å². The summed E-state index contributed by atoms with van der Waals surface area (Å²) in [6, 6.07) is 30.1. The van der Waals surface area contributed by atoms with Crippen molar-refractivity contribution < 1.29 is 4.79 Å². The molecule has 2 amide bonds. The van der Waals surface area contributed by atoms with Crippen molar-refractivity contribution in [2.24, 2.45) is 0 Å². The number of hydrogen-bond acceptors (Lipinski definition) is 2. The van der Waals surface area contributed by atoms with E-state index in [1.165, 1.54) is 5.56 Å². The average molecular weight is 371 g/mol. The number of likely N-dealkylation sites (tertiary alicyclic amines) is 1. The van der Waals surface area contributed by atoms with Gasteiger partial charge in [0.1, 0.15) is 0 Å². The fourth-order valence-corrected chi connectivity index (χ4v) is 3.71. The highest BCUT2D eigenvalue weighted by Crippen LogP contribution is 2.25. The molecule has 0 unspecified atom stereocenters. The maximum Gasteiger partial charge on any atom is 0.326 e. The Morgan fingerprint density at radius 2 is 1.39 bits per heavy atom. The summed E-state index contributed by atoms with van der Waals surface area (Å²) in [6.07, 6.45) is 0.968. The summed E-state index contributed by atoms with van der Waals surface area (Å²) in [5, 5.41) is 3.24. The van der Waals surface area contributed by atoms with Crippen LogP contribution in [-0.4, -0.2) is 30.1 Å². The van der Waals surface area contributed by atoms with Crippen molar-refractivity contribution in [3.8, 4) is 0 Å². The van der Waals surface area contributed by atoms with Crippen LogP contribution >= 0.6 is 0 Å². The lowest BCUT2D eigenvalue weighted by molar-refractivity contribution is 0.243. The lowest BCUT2D eigenvalue weighted by atomic mass is 10.2. The molecule has 1 N–H and O–H groups in total. The predicted molar refractivity (Wildman–Crippen MR) is 114 cm³/mol. The molecule has 4 rings (SSSR count). The molecule has 0 spiro atoms. The number of nitrogens with one attached hydrogen (secondary N) is 1. The molecule has 0 radical (unpaired) electrons. The molecule has 4 nitrogen and oxygen atoms in total. The van der Waals surface area contributed by atoms with Gasteiger partial charge in [-0.05, 0) is 36.2 Å². The zero-order valence-electron chi connectivity index (χ0n) is 15.9. The van der Waals surface area contributed by atoms with Crippen LogP contribution in [0.2, 0.25) is 0 Å². The standard InChI is InChI=1S/C24H25N3O/c28-24(25-21-16-17-26(19-21)18-20-10-4-1-5-11-20)27(22-12-6-2-7-13-22)23-14-8-3-9-15-23/h1-15,21H,16-19H2,(H,25,28)/t21-/m1/s1. The Morgan fingerprint density at radius 3 is 1.96 bits per heavy atom. The SMILES string of the molecule is O=C(N[C@@H]1CCN(Cc2ccccc2)C1)N(c1ccccc1)c1ccccc1. The number of benzene rings is 3. The van der Waals surface area contributed by atoms with Gasteiger partial charge in [-0.1, -0.05) is 66.7 Å². The lowest BCUT2D eigenvalue weighted by Gasteiger charge is -2.25. The normalized spacial score (nSPS) is 16.6. The number of urea groups is 1. The number of carbonyl (C=O) groups is 1. The number of anilines is 2. The van der Waals surface area contributed by atoms with E-state index in [1.807, 2.05) is 66.7 Å². The van der Waals surface area contributed by atoms with Gasteiger partial charge in [-0.3, -0.25) is 9.80 Å². The molecule has 1 fully saturated rings. The largest absolute Gasteiger partial charge is 0.333 e. The molecule has 1 heterocycles. The van der Waals surface area contributed by atoms with Crippen LogP contribution in [0, 0.1) is 0 Å². The highest BCUT2D eigenvalue weighted by molar-refractivity contribution is 5.99. The molecule has 3 aromatic carbocycles. The summed E-state index contributed by atoms with van der Waals surface area (Å²) < 4.78 is 0. The van der Waals surface area contributed by atoms with Crippen molar-refractivity contribution >= 4 is 17.4 Å². The van der Waals surface area contributed by atoms with Gasteiger partial charge in [-0.25, -0.2) is 4.79 Å². The van der Waals surface area contributed by atoms with Crippen molar-refractivity contribution in [2.45, 2.75) is 19.0 Å². The average Bonchev–Trinajstić information content (AvgIpc) is 3.17. The van der Waals surface area contributed by atoms with Gasteiger partial charge in [0, 0.05) is 25.7 Å². The van der Waals surface area contributed by atoms with Crippen LogP contribution in [0.4, 0.5) is 16.2 Å². The van der Waals surface area contributed by atoms with Gasteiger partial charge in [0.2, 0.25) is 0 Å². The van der Waals surface area contributed by atoms with Gasteiger partial charge in [-0.15, -0.1) is 0 Å². The predicted octanol–water partition coefficient (Wildman–Crippen LogP) is 4.81. The van der Waals surface area contributed by atoms with Crippen molar-refractivity contribution in [1.29, 1.82) is 0 Å². The summed E-state index contributed by atoms with van der Waals surface area (Å²) in [4.78, 5) is 17.3. The third-order valence-electron chi connectivity index (χ3n) is 5.08. The first-order chi connectivity index (χ1) is 13.8. The summed E-state index contributed by atoms with van der Waals surface area (Å²) in [7, 11) is 0. The molecule has 1 saturated heterocycles. The first kappa shape index (κ1) is 18.3. The van der Waals surface area contributed by atoms with E-state index in [9.17, 15) is 4.79 Å². The second-order valence-corrected chi connectivity index (χ2v) is 7.16. The summed E-state index contributed by atoms with van der Waals surface area (Å²) in [6.45, 7) is 2.79. The molecule has 142 valence electrons. The van der Waals surface area contributed by atoms with Crippen LogP contribution in [-0.2, 0) is 6.54 Å². The van der Waals surface area contributed by atoms with Crippen LogP contribution in [0.1, 0.15) is 12.0 Å². The second kappa shape index (κ2) is 8.72. The van der Waals surface area contributed by atoms with Gasteiger partial charge < -0.3 is 5.32 Å². The third kappa shape index (κ3) is 4.41. The van der Waals surface area contributed by atoms with Crippen LogP contribution in [0.25, 0.3) is 0 Å². The second-order valence-electron chi connectivity index (χ2n) is 7.16. The Kier molecular flexibility index (Phi) is 5.69. The molecular weight excluding hydrogens is 346 g/mol. The fraction of sp³-hybridized carbons (Fsp3) is 0.208. The fourth-order valence-electron chi connectivity index (χ4n) is 3.71. The number of para-hydroxylation sites is 2. The number of rotatable bonds is 5. The molecule has 3 aromatic rings. The number of carbonyl (C=O) groups excluding carboxylic acids is 1. The molecular formula is C24H25N3O. The van der Waals surface area contributed by atoms with Crippen LogP contribution < -0.4 is 10.2 Å². The summed E-state index contributed by atoms with van der Waals surface area (Å²) >= 11 is 0. The highest BCUT2D eigenvalue weighted by atomic mass is 16.2. The van der Waals surface area contributed by atoms with Crippen molar-refractivity contribution in [2.75, 3.05) is 18.0 Å². The minimum Gasteiger partial charge on any atom is -0.333 e. The topological polar surface area (TPSA) is 35.6 Å². The number of nitrogens with zero attached hydrogens (tertiary/aromatic N) is 2. The Hall–Kier alpha value is -3.11.